The third kappa shape index (κ3) is 2.64. The molecular formula is C13H15BrN4O2. The van der Waals surface area contributed by atoms with E-state index in [-0.39, 0.29) is 0 Å². The number of benzene rings is 1. The molecule has 0 atom stereocenters. The molecule has 0 bridgehead atoms. The second-order valence-corrected chi connectivity index (χ2v) is 5.29. The van der Waals surface area contributed by atoms with Crippen LogP contribution in [0.25, 0.3) is 11.4 Å². The lowest BCUT2D eigenvalue weighted by molar-refractivity contribution is 0.122. The number of aromatic nitrogens is 3. The summed E-state index contributed by atoms with van der Waals surface area (Å²) in [5, 5.41) is 7.25. The van der Waals surface area contributed by atoms with Crippen molar-refractivity contribution in [1.82, 2.24) is 15.2 Å². The van der Waals surface area contributed by atoms with Crippen molar-refractivity contribution in [1.29, 1.82) is 0 Å². The average Bonchev–Trinajstić information content (AvgIpc) is 2.98. The molecular weight excluding hydrogens is 324 g/mol. The zero-order chi connectivity index (χ0) is 13.9. The monoisotopic (exact) mass is 338 g/mol. The molecule has 1 aromatic heterocycles. The Bertz CT molecular complexity index is 596. The van der Waals surface area contributed by atoms with Crippen molar-refractivity contribution in [2.24, 2.45) is 0 Å². The minimum Gasteiger partial charge on any atom is -0.496 e. The Labute approximate surface area is 125 Å². The third-order valence-electron chi connectivity index (χ3n) is 3.19. The van der Waals surface area contributed by atoms with E-state index in [4.69, 9.17) is 9.47 Å². The summed E-state index contributed by atoms with van der Waals surface area (Å²) in [7, 11) is 1.64. The topological polar surface area (TPSA) is 63.3 Å². The van der Waals surface area contributed by atoms with E-state index in [1.54, 1.807) is 7.11 Å². The maximum absolute atomic E-state index is 5.33. The minimum absolute atomic E-state index is 0.718. The number of morpholine rings is 1. The van der Waals surface area contributed by atoms with Gasteiger partial charge in [0.15, 0.2) is 5.82 Å². The molecule has 0 unspecified atom stereocenters. The third-order valence-corrected chi connectivity index (χ3v) is 3.81. The number of nitrogens with one attached hydrogen (secondary N) is 1. The van der Waals surface area contributed by atoms with Crippen LogP contribution in [0.2, 0.25) is 0 Å². The van der Waals surface area contributed by atoms with Gasteiger partial charge >= 0.3 is 0 Å². The lowest BCUT2D eigenvalue weighted by Gasteiger charge is -2.25. The van der Waals surface area contributed by atoms with Crippen molar-refractivity contribution in [2.75, 3.05) is 38.3 Å². The molecule has 0 aliphatic carbocycles. The van der Waals surface area contributed by atoms with Gasteiger partial charge in [-0.2, -0.15) is 4.98 Å². The maximum atomic E-state index is 5.33. The van der Waals surface area contributed by atoms with Gasteiger partial charge in [0, 0.05) is 18.7 Å². The van der Waals surface area contributed by atoms with E-state index < -0.39 is 0 Å². The summed E-state index contributed by atoms with van der Waals surface area (Å²) < 4.78 is 11.4. The first kappa shape index (κ1) is 13.4. The SMILES string of the molecule is COc1ccc(-c2nc(N3CCOCC3)n[nH]2)cc1Br. The van der Waals surface area contributed by atoms with Gasteiger partial charge in [-0.25, -0.2) is 0 Å². The Morgan fingerprint density at radius 3 is 2.85 bits per heavy atom. The van der Waals surface area contributed by atoms with Gasteiger partial charge in [0.1, 0.15) is 5.75 Å². The minimum atomic E-state index is 0.718. The molecule has 1 N–H and O–H groups in total. The fourth-order valence-corrected chi connectivity index (χ4v) is 2.64. The van der Waals surface area contributed by atoms with Crippen molar-refractivity contribution in [3.05, 3.63) is 22.7 Å². The molecule has 1 fully saturated rings. The predicted molar refractivity (Wildman–Crippen MR) is 79.1 cm³/mol. The van der Waals surface area contributed by atoms with Crippen LogP contribution >= 0.6 is 15.9 Å². The summed E-state index contributed by atoms with van der Waals surface area (Å²) in [6, 6.07) is 5.81. The lowest BCUT2D eigenvalue weighted by atomic mass is 10.2. The van der Waals surface area contributed by atoms with Gasteiger partial charge in [-0.05, 0) is 34.1 Å². The quantitative estimate of drug-likeness (QED) is 0.928. The summed E-state index contributed by atoms with van der Waals surface area (Å²) in [4.78, 5) is 6.66. The summed E-state index contributed by atoms with van der Waals surface area (Å²) in [5.41, 5.74) is 0.963. The van der Waals surface area contributed by atoms with Crippen molar-refractivity contribution in [3.63, 3.8) is 0 Å². The zero-order valence-corrected chi connectivity index (χ0v) is 12.7. The van der Waals surface area contributed by atoms with Crippen LogP contribution in [-0.4, -0.2) is 48.6 Å². The molecule has 6 nitrogen and oxygen atoms in total. The summed E-state index contributed by atoms with van der Waals surface area (Å²) >= 11 is 3.47. The number of anilines is 1. The number of halogens is 1. The number of ether oxygens (including phenoxy) is 2. The highest BCUT2D eigenvalue weighted by molar-refractivity contribution is 9.10. The predicted octanol–water partition coefficient (Wildman–Crippen LogP) is 2.08. The van der Waals surface area contributed by atoms with Crippen LogP contribution in [0.3, 0.4) is 0 Å². The smallest absolute Gasteiger partial charge is 0.245 e. The summed E-state index contributed by atoms with van der Waals surface area (Å²) in [5.74, 6) is 2.26. The summed E-state index contributed by atoms with van der Waals surface area (Å²) in [6.45, 7) is 3.09. The van der Waals surface area contributed by atoms with Crippen LogP contribution in [0.5, 0.6) is 5.75 Å². The van der Waals surface area contributed by atoms with E-state index >= 15 is 0 Å². The van der Waals surface area contributed by atoms with Crippen LogP contribution in [0, 0.1) is 0 Å². The molecule has 1 aromatic carbocycles. The van der Waals surface area contributed by atoms with Gasteiger partial charge in [-0.15, -0.1) is 5.10 Å². The number of hydrogen-bond donors (Lipinski definition) is 1. The first-order valence-corrected chi connectivity index (χ1v) is 7.16. The van der Waals surface area contributed by atoms with E-state index in [1.807, 2.05) is 18.2 Å². The molecule has 0 saturated carbocycles. The van der Waals surface area contributed by atoms with Gasteiger partial charge in [-0.1, -0.05) is 0 Å². The molecule has 1 aliphatic rings. The van der Waals surface area contributed by atoms with Gasteiger partial charge in [0.2, 0.25) is 5.95 Å². The van der Waals surface area contributed by atoms with Gasteiger partial charge < -0.3 is 14.4 Å². The van der Waals surface area contributed by atoms with E-state index in [9.17, 15) is 0 Å². The first-order chi connectivity index (χ1) is 9.78. The van der Waals surface area contributed by atoms with Crippen molar-refractivity contribution in [3.8, 4) is 17.1 Å². The lowest BCUT2D eigenvalue weighted by Crippen LogP contribution is -2.36. The number of rotatable bonds is 3. The maximum Gasteiger partial charge on any atom is 0.245 e. The molecule has 20 heavy (non-hydrogen) atoms. The zero-order valence-electron chi connectivity index (χ0n) is 11.1. The van der Waals surface area contributed by atoms with Gasteiger partial charge in [-0.3, -0.25) is 5.10 Å². The Morgan fingerprint density at radius 2 is 2.15 bits per heavy atom. The fourth-order valence-electron chi connectivity index (χ4n) is 2.10. The fraction of sp³-hybridized carbons (Fsp3) is 0.385. The van der Waals surface area contributed by atoms with Crippen LogP contribution in [0.4, 0.5) is 5.95 Å². The Balaban J connectivity index is 1.84. The van der Waals surface area contributed by atoms with Crippen LogP contribution in [0.1, 0.15) is 0 Å². The van der Waals surface area contributed by atoms with Gasteiger partial charge in [0.25, 0.3) is 0 Å². The van der Waals surface area contributed by atoms with Crippen LogP contribution in [-0.2, 0) is 4.74 Å². The van der Waals surface area contributed by atoms with Gasteiger partial charge in [0.05, 0.1) is 24.8 Å². The van der Waals surface area contributed by atoms with Crippen molar-refractivity contribution in [2.45, 2.75) is 0 Å². The molecule has 1 aliphatic heterocycles. The second-order valence-electron chi connectivity index (χ2n) is 4.43. The number of aromatic amines is 1. The normalized spacial score (nSPS) is 15.4. The number of nitrogens with zero attached hydrogens (tertiary/aromatic N) is 3. The van der Waals surface area contributed by atoms with Crippen molar-refractivity contribution < 1.29 is 9.47 Å². The number of hydrogen-bond acceptors (Lipinski definition) is 5. The van der Waals surface area contributed by atoms with E-state index in [2.05, 4.69) is 36.0 Å². The van der Waals surface area contributed by atoms with Crippen molar-refractivity contribution >= 4 is 21.9 Å². The standard InChI is InChI=1S/C13H15BrN4O2/c1-19-11-3-2-9(8-10(11)14)12-15-13(17-16-12)18-4-6-20-7-5-18/h2-3,8H,4-7H2,1H3,(H,15,16,17). The molecule has 3 rings (SSSR count). The molecule has 2 aromatic rings. The molecule has 0 radical (unpaired) electrons. The Kier molecular flexibility index (Phi) is 3.88. The van der Waals surface area contributed by atoms with E-state index in [1.165, 1.54) is 0 Å². The average molecular weight is 339 g/mol. The Hall–Kier alpha value is -1.60. The highest BCUT2D eigenvalue weighted by Gasteiger charge is 2.16. The molecule has 0 amide bonds. The molecule has 7 heteroatoms. The second kappa shape index (κ2) is 5.80. The molecule has 106 valence electrons. The van der Waals surface area contributed by atoms with E-state index in [0.717, 1.165) is 53.9 Å². The number of methoxy groups -OCH3 is 1. The summed E-state index contributed by atoms with van der Waals surface area (Å²) in [6.07, 6.45) is 0. The molecule has 1 saturated heterocycles. The largest absolute Gasteiger partial charge is 0.496 e. The first-order valence-electron chi connectivity index (χ1n) is 6.37. The number of H-pyrrole nitrogens is 1. The molecule has 0 spiro atoms. The molecule has 2 heterocycles. The van der Waals surface area contributed by atoms with Crippen LogP contribution in [0.15, 0.2) is 22.7 Å². The van der Waals surface area contributed by atoms with E-state index in [0.29, 0.717) is 0 Å². The highest BCUT2D eigenvalue weighted by Crippen LogP contribution is 2.29. The van der Waals surface area contributed by atoms with Crippen LogP contribution < -0.4 is 9.64 Å². The highest BCUT2D eigenvalue weighted by atomic mass is 79.9. The Morgan fingerprint density at radius 1 is 1.35 bits per heavy atom.